The second kappa shape index (κ2) is 4.62. The summed E-state index contributed by atoms with van der Waals surface area (Å²) in [6, 6.07) is 7.81. The molecule has 2 amide bonds. The van der Waals surface area contributed by atoms with Crippen molar-refractivity contribution in [3.05, 3.63) is 36.0 Å². The number of nitrogens with zero attached hydrogens (tertiary/aromatic N) is 2. The highest BCUT2D eigenvalue weighted by Crippen LogP contribution is 2.26. The summed E-state index contributed by atoms with van der Waals surface area (Å²) in [7, 11) is 1.92. The highest BCUT2D eigenvalue weighted by Gasteiger charge is 2.41. The average molecular weight is 285 g/mol. The van der Waals surface area contributed by atoms with Gasteiger partial charge in [0.1, 0.15) is 5.54 Å². The Morgan fingerprint density at radius 2 is 2.00 bits per heavy atom. The lowest BCUT2D eigenvalue weighted by molar-refractivity contribution is -0.133. The Hall–Kier alpha value is -2.30. The van der Waals surface area contributed by atoms with Crippen molar-refractivity contribution in [2.45, 2.75) is 19.4 Å². The van der Waals surface area contributed by atoms with Crippen LogP contribution in [0.3, 0.4) is 0 Å². The fourth-order valence-corrected chi connectivity index (χ4v) is 2.91. The van der Waals surface area contributed by atoms with Crippen molar-refractivity contribution >= 4 is 22.7 Å². The molecule has 0 radical (unpaired) electrons. The number of aryl methyl sites for hydroxylation is 1. The molecule has 0 aliphatic carbocycles. The molecule has 1 fully saturated rings. The average Bonchev–Trinajstić information content (AvgIpc) is 2.79. The van der Waals surface area contributed by atoms with Gasteiger partial charge in [0.15, 0.2) is 0 Å². The number of hydrogen-bond acceptors (Lipinski definition) is 2. The predicted octanol–water partition coefficient (Wildman–Crippen LogP) is 1.53. The first-order valence-corrected chi connectivity index (χ1v) is 7.07. The summed E-state index contributed by atoms with van der Waals surface area (Å²) >= 11 is 0. The summed E-state index contributed by atoms with van der Waals surface area (Å²) in [4.78, 5) is 26.6. The van der Waals surface area contributed by atoms with E-state index in [1.165, 1.54) is 0 Å². The molecular formula is C16H19N3O2. The number of amides is 2. The van der Waals surface area contributed by atoms with Crippen LogP contribution in [0.25, 0.3) is 10.9 Å². The van der Waals surface area contributed by atoms with Gasteiger partial charge in [0.25, 0.3) is 5.91 Å². The monoisotopic (exact) mass is 285 g/mol. The first-order valence-electron chi connectivity index (χ1n) is 7.07. The zero-order valence-electron chi connectivity index (χ0n) is 12.5. The van der Waals surface area contributed by atoms with Crippen LogP contribution < -0.4 is 5.32 Å². The lowest BCUT2D eigenvalue weighted by Gasteiger charge is -2.41. The summed E-state index contributed by atoms with van der Waals surface area (Å²) in [5.74, 6) is -0.200. The van der Waals surface area contributed by atoms with Crippen LogP contribution in [0.15, 0.2) is 30.5 Å². The molecule has 2 aromatic rings. The highest BCUT2D eigenvalue weighted by atomic mass is 16.2. The molecule has 21 heavy (non-hydrogen) atoms. The zero-order chi connectivity index (χ0) is 15.2. The van der Waals surface area contributed by atoms with Crippen LogP contribution in [0, 0.1) is 0 Å². The number of piperazine rings is 1. The number of aromatic nitrogens is 1. The molecule has 1 aromatic carbocycles. The number of para-hydroxylation sites is 1. The van der Waals surface area contributed by atoms with Gasteiger partial charge in [-0.15, -0.1) is 0 Å². The van der Waals surface area contributed by atoms with E-state index >= 15 is 0 Å². The smallest absolute Gasteiger partial charge is 0.256 e. The zero-order valence-corrected chi connectivity index (χ0v) is 12.5. The second-order valence-corrected chi connectivity index (χ2v) is 5.94. The second-order valence-electron chi connectivity index (χ2n) is 5.94. The number of rotatable bonds is 1. The Labute approximate surface area is 123 Å². The predicted molar refractivity (Wildman–Crippen MR) is 81.0 cm³/mol. The molecular weight excluding hydrogens is 266 g/mol. The van der Waals surface area contributed by atoms with Gasteiger partial charge in [0.2, 0.25) is 5.91 Å². The van der Waals surface area contributed by atoms with E-state index in [2.05, 4.69) is 5.32 Å². The maximum absolute atomic E-state index is 12.9. The van der Waals surface area contributed by atoms with Crippen LogP contribution in [0.2, 0.25) is 0 Å². The summed E-state index contributed by atoms with van der Waals surface area (Å²) in [6.45, 7) is 4.59. The van der Waals surface area contributed by atoms with E-state index in [-0.39, 0.29) is 11.8 Å². The Kier molecular flexibility index (Phi) is 3.01. The number of carbonyl (C=O) groups excluding carboxylic acids is 2. The first-order chi connectivity index (χ1) is 9.93. The van der Waals surface area contributed by atoms with Gasteiger partial charge in [-0.25, -0.2) is 0 Å². The Morgan fingerprint density at radius 3 is 2.76 bits per heavy atom. The van der Waals surface area contributed by atoms with Crippen LogP contribution in [-0.2, 0) is 11.8 Å². The standard InChI is InChI=1S/C16H19N3O2/c1-16(2)15(21)17-8-9-19(16)14(20)12-10-18(3)13-7-5-4-6-11(12)13/h4-7,10H,8-9H2,1-3H3,(H,17,21). The van der Waals surface area contributed by atoms with Gasteiger partial charge in [-0.1, -0.05) is 18.2 Å². The molecule has 0 unspecified atom stereocenters. The third kappa shape index (κ3) is 2.00. The third-order valence-corrected chi connectivity index (χ3v) is 4.22. The SMILES string of the molecule is Cn1cc(C(=O)N2CCNC(=O)C2(C)C)c2ccccc21. The maximum Gasteiger partial charge on any atom is 0.256 e. The molecule has 0 saturated carbocycles. The molecule has 1 N–H and O–H groups in total. The van der Waals surface area contributed by atoms with Crippen molar-refractivity contribution in [2.24, 2.45) is 7.05 Å². The summed E-state index contributed by atoms with van der Waals surface area (Å²) < 4.78 is 1.94. The molecule has 5 heteroatoms. The van der Waals surface area contributed by atoms with Gasteiger partial charge in [-0.05, 0) is 19.9 Å². The van der Waals surface area contributed by atoms with Gasteiger partial charge >= 0.3 is 0 Å². The number of benzene rings is 1. The van der Waals surface area contributed by atoms with Crippen LogP contribution in [0.1, 0.15) is 24.2 Å². The van der Waals surface area contributed by atoms with E-state index in [9.17, 15) is 9.59 Å². The van der Waals surface area contributed by atoms with Crippen LogP contribution in [-0.4, -0.2) is 39.9 Å². The third-order valence-electron chi connectivity index (χ3n) is 4.22. The molecule has 0 bridgehead atoms. The number of carbonyl (C=O) groups is 2. The summed E-state index contributed by atoms with van der Waals surface area (Å²) in [5, 5.41) is 3.74. The minimum Gasteiger partial charge on any atom is -0.352 e. The number of nitrogens with one attached hydrogen (secondary N) is 1. The Bertz CT molecular complexity index is 730. The van der Waals surface area contributed by atoms with Crippen molar-refractivity contribution in [3.8, 4) is 0 Å². The van der Waals surface area contributed by atoms with E-state index < -0.39 is 5.54 Å². The molecule has 110 valence electrons. The fourth-order valence-electron chi connectivity index (χ4n) is 2.91. The minimum absolute atomic E-state index is 0.0911. The normalized spacial score (nSPS) is 17.9. The van der Waals surface area contributed by atoms with Gasteiger partial charge in [0, 0.05) is 37.2 Å². The quantitative estimate of drug-likeness (QED) is 0.864. The van der Waals surface area contributed by atoms with Gasteiger partial charge in [-0.2, -0.15) is 0 Å². The molecule has 1 saturated heterocycles. The minimum atomic E-state index is -0.827. The van der Waals surface area contributed by atoms with Crippen LogP contribution >= 0.6 is 0 Å². The van der Waals surface area contributed by atoms with Crippen molar-refractivity contribution in [2.75, 3.05) is 13.1 Å². The Morgan fingerprint density at radius 1 is 1.29 bits per heavy atom. The number of hydrogen-bond donors (Lipinski definition) is 1. The topological polar surface area (TPSA) is 54.3 Å². The van der Waals surface area contributed by atoms with Crippen molar-refractivity contribution in [1.82, 2.24) is 14.8 Å². The van der Waals surface area contributed by atoms with Crippen molar-refractivity contribution in [3.63, 3.8) is 0 Å². The van der Waals surface area contributed by atoms with Crippen LogP contribution in [0.5, 0.6) is 0 Å². The highest BCUT2D eigenvalue weighted by molar-refractivity contribution is 6.08. The van der Waals surface area contributed by atoms with E-state index in [0.29, 0.717) is 18.7 Å². The summed E-state index contributed by atoms with van der Waals surface area (Å²) in [5.41, 5.74) is 0.836. The molecule has 1 aliphatic rings. The maximum atomic E-state index is 12.9. The molecule has 5 nitrogen and oxygen atoms in total. The van der Waals surface area contributed by atoms with Crippen molar-refractivity contribution in [1.29, 1.82) is 0 Å². The molecule has 1 aliphatic heterocycles. The van der Waals surface area contributed by atoms with Crippen molar-refractivity contribution < 1.29 is 9.59 Å². The lowest BCUT2D eigenvalue weighted by atomic mass is 9.97. The molecule has 0 atom stereocenters. The largest absolute Gasteiger partial charge is 0.352 e. The van der Waals surface area contributed by atoms with E-state index in [4.69, 9.17) is 0 Å². The van der Waals surface area contributed by atoms with Gasteiger partial charge in [0.05, 0.1) is 5.56 Å². The summed E-state index contributed by atoms with van der Waals surface area (Å²) in [6.07, 6.45) is 1.84. The fraction of sp³-hybridized carbons (Fsp3) is 0.375. The molecule has 2 heterocycles. The van der Waals surface area contributed by atoms with E-state index in [0.717, 1.165) is 10.9 Å². The molecule has 0 spiro atoms. The first kappa shape index (κ1) is 13.7. The van der Waals surface area contributed by atoms with E-state index in [1.807, 2.05) is 42.1 Å². The molecule has 1 aromatic heterocycles. The lowest BCUT2D eigenvalue weighted by Crippen LogP contribution is -2.63. The van der Waals surface area contributed by atoms with Gasteiger partial charge in [-0.3, -0.25) is 9.59 Å². The number of fused-ring (bicyclic) bond motifs is 1. The van der Waals surface area contributed by atoms with Gasteiger partial charge < -0.3 is 14.8 Å². The molecule has 3 rings (SSSR count). The van der Waals surface area contributed by atoms with Crippen LogP contribution in [0.4, 0.5) is 0 Å². The van der Waals surface area contributed by atoms with E-state index in [1.54, 1.807) is 18.7 Å². The Balaban J connectivity index is 2.07.